The predicted octanol–water partition coefficient (Wildman–Crippen LogP) is 2.46. The molecule has 0 radical (unpaired) electrons. The minimum atomic E-state index is -0.0680. The molecule has 0 atom stereocenters. The number of ether oxygens (including phenoxy) is 1. The monoisotopic (exact) mass is 367 g/mol. The van der Waals surface area contributed by atoms with E-state index in [1.54, 1.807) is 11.0 Å². The summed E-state index contributed by atoms with van der Waals surface area (Å²) in [6.07, 6.45) is 2.09. The Bertz CT molecular complexity index is 925. The number of carbonyl (C=O) groups is 1. The second kappa shape index (κ2) is 6.76. The smallest absolute Gasteiger partial charge is 0.254 e. The van der Waals surface area contributed by atoms with Crippen LogP contribution in [0.2, 0.25) is 0 Å². The Morgan fingerprint density at radius 1 is 1.15 bits per heavy atom. The zero-order valence-corrected chi connectivity index (χ0v) is 16.0. The standard InChI is InChI=1S/C21H25N3O3/c1-14-9-18(11-20(25)24(14)16-7-8-16)27-19-12-23(13-19)21(26)15-5-4-6-17(10-15)22(2)3/h4-6,9-11,16,19H,7-8,12-13H2,1-3H3. The number of anilines is 1. The van der Waals surface area contributed by atoms with E-state index in [1.807, 2.05) is 60.8 Å². The first-order valence-electron chi connectivity index (χ1n) is 9.39. The van der Waals surface area contributed by atoms with Gasteiger partial charge in [0.05, 0.1) is 13.1 Å². The third kappa shape index (κ3) is 3.56. The van der Waals surface area contributed by atoms with Gasteiger partial charge in [-0.2, -0.15) is 0 Å². The van der Waals surface area contributed by atoms with E-state index in [4.69, 9.17) is 4.74 Å². The minimum absolute atomic E-state index is 0.000237. The molecule has 0 bridgehead atoms. The lowest BCUT2D eigenvalue weighted by atomic mass is 10.1. The van der Waals surface area contributed by atoms with E-state index in [-0.39, 0.29) is 17.6 Å². The molecule has 1 amide bonds. The summed E-state index contributed by atoms with van der Waals surface area (Å²) in [6.45, 7) is 3.02. The van der Waals surface area contributed by atoms with Crippen LogP contribution in [0.25, 0.3) is 0 Å². The van der Waals surface area contributed by atoms with Crippen LogP contribution >= 0.6 is 0 Å². The molecule has 0 unspecified atom stereocenters. The number of hydrogen-bond donors (Lipinski definition) is 0. The Labute approximate surface area is 159 Å². The number of carbonyl (C=O) groups excluding carboxylic acids is 1. The van der Waals surface area contributed by atoms with Gasteiger partial charge in [0.2, 0.25) is 0 Å². The Kier molecular flexibility index (Phi) is 4.42. The second-order valence-electron chi connectivity index (χ2n) is 7.67. The third-order valence-corrected chi connectivity index (χ3v) is 5.19. The third-order valence-electron chi connectivity index (χ3n) is 5.19. The molecule has 142 valence electrons. The van der Waals surface area contributed by atoms with Crippen molar-refractivity contribution in [1.82, 2.24) is 9.47 Å². The van der Waals surface area contributed by atoms with Gasteiger partial charge < -0.3 is 19.1 Å². The molecule has 0 N–H and O–H groups in total. The summed E-state index contributed by atoms with van der Waals surface area (Å²) >= 11 is 0. The molecular weight excluding hydrogens is 342 g/mol. The molecule has 4 rings (SSSR count). The first kappa shape index (κ1) is 17.6. The molecule has 1 saturated heterocycles. The molecule has 0 spiro atoms. The van der Waals surface area contributed by atoms with E-state index in [9.17, 15) is 9.59 Å². The fraction of sp³-hybridized carbons (Fsp3) is 0.429. The number of likely N-dealkylation sites (tertiary alicyclic amines) is 1. The maximum atomic E-state index is 12.6. The van der Waals surface area contributed by atoms with Crippen LogP contribution in [0.1, 0.15) is 34.9 Å². The van der Waals surface area contributed by atoms with E-state index < -0.39 is 0 Å². The van der Waals surface area contributed by atoms with Crippen LogP contribution in [0.15, 0.2) is 41.2 Å². The van der Waals surface area contributed by atoms with Crippen LogP contribution in [-0.4, -0.2) is 48.7 Å². The molecular formula is C21H25N3O3. The molecule has 6 nitrogen and oxygen atoms in total. The van der Waals surface area contributed by atoms with Gasteiger partial charge >= 0.3 is 0 Å². The number of amides is 1. The number of nitrogens with zero attached hydrogens (tertiary/aromatic N) is 3. The van der Waals surface area contributed by atoms with E-state index >= 15 is 0 Å². The van der Waals surface area contributed by atoms with Crippen molar-refractivity contribution in [2.75, 3.05) is 32.1 Å². The second-order valence-corrected chi connectivity index (χ2v) is 7.67. The molecule has 27 heavy (non-hydrogen) atoms. The van der Waals surface area contributed by atoms with Crippen molar-refractivity contribution in [3.05, 3.63) is 58.0 Å². The lowest BCUT2D eigenvalue weighted by molar-refractivity contribution is 0.0176. The van der Waals surface area contributed by atoms with Crippen LogP contribution in [0.4, 0.5) is 5.69 Å². The van der Waals surface area contributed by atoms with Gasteiger partial charge in [0, 0.05) is 43.1 Å². The average molecular weight is 367 g/mol. The van der Waals surface area contributed by atoms with E-state index in [0.29, 0.717) is 30.4 Å². The molecule has 6 heteroatoms. The average Bonchev–Trinajstić information content (AvgIpc) is 3.41. The van der Waals surface area contributed by atoms with E-state index in [0.717, 1.165) is 24.2 Å². The molecule has 1 aliphatic heterocycles. The molecule has 2 fully saturated rings. The van der Waals surface area contributed by atoms with Gasteiger partial charge in [-0.25, -0.2) is 0 Å². The van der Waals surface area contributed by atoms with E-state index in [2.05, 4.69) is 0 Å². The van der Waals surface area contributed by atoms with Crippen molar-refractivity contribution in [1.29, 1.82) is 0 Å². The number of pyridine rings is 1. The zero-order valence-electron chi connectivity index (χ0n) is 16.0. The van der Waals surface area contributed by atoms with Gasteiger partial charge in [0.25, 0.3) is 11.5 Å². The largest absolute Gasteiger partial charge is 0.486 e. The summed E-state index contributed by atoms with van der Waals surface area (Å²) in [5.41, 5.74) is 2.62. The van der Waals surface area contributed by atoms with Crippen LogP contribution in [0.3, 0.4) is 0 Å². The molecule has 1 saturated carbocycles. The fourth-order valence-corrected chi connectivity index (χ4v) is 3.52. The number of rotatable bonds is 5. The van der Waals surface area contributed by atoms with Crippen LogP contribution in [0.5, 0.6) is 5.75 Å². The summed E-state index contributed by atoms with van der Waals surface area (Å²) in [7, 11) is 3.91. The number of hydrogen-bond acceptors (Lipinski definition) is 4. The minimum Gasteiger partial charge on any atom is -0.486 e. The highest BCUT2D eigenvalue weighted by atomic mass is 16.5. The highest BCUT2D eigenvalue weighted by Gasteiger charge is 2.33. The number of benzene rings is 1. The molecule has 1 aliphatic carbocycles. The van der Waals surface area contributed by atoms with Gasteiger partial charge in [-0.15, -0.1) is 0 Å². The lowest BCUT2D eigenvalue weighted by Crippen LogP contribution is -2.56. The van der Waals surface area contributed by atoms with Crippen molar-refractivity contribution in [3.63, 3.8) is 0 Å². The Morgan fingerprint density at radius 2 is 1.89 bits per heavy atom. The topological polar surface area (TPSA) is 54.8 Å². The highest BCUT2D eigenvalue weighted by molar-refractivity contribution is 5.95. The maximum Gasteiger partial charge on any atom is 0.254 e. The Balaban J connectivity index is 1.38. The van der Waals surface area contributed by atoms with Gasteiger partial charge in [0.15, 0.2) is 0 Å². The highest BCUT2D eigenvalue weighted by Crippen LogP contribution is 2.35. The first-order chi connectivity index (χ1) is 12.9. The number of aryl methyl sites for hydroxylation is 1. The van der Waals surface area contributed by atoms with Crippen LogP contribution in [0, 0.1) is 6.92 Å². The molecule has 1 aromatic carbocycles. The predicted molar refractivity (Wildman–Crippen MR) is 105 cm³/mol. The Hall–Kier alpha value is -2.76. The van der Waals surface area contributed by atoms with Crippen LogP contribution < -0.4 is 15.2 Å². The van der Waals surface area contributed by atoms with Crippen molar-refractivity contribution >= 4 is 11.6 Å². The maximum absolute atomic E-state index is 12.6. The van der Waals surface area contributed by atoms with Crippen LogP contribution in [-0.2, 0) is 0 Å². The van der Waals surface area contributed by atoms with Gasteiger partial charge in [-0.3, -0.25) is 9.59 Å². The SMILES string of the molecule is Cc1cc(OC2CN(C(=O)c3cccc(N(C)C)c3)C2)cc(=O)n1C1CC1. The number of aromatic nitrogens is 1. The fourth-order valence-electron chi connectivity index (χ4n) is 3.52. The van der Waals surface area contributed by atoms with E-state index in [1.165, 1.54) is 0 Å². The summed E-state index contributed by atoms with van der Waals surface area (Å²) in [5, 5.41) is 0. The molecule has 2 aromatic rings. The molecule has 2 heterocycles. The van der Waals surface area contributed by atoms with Gasteiger partial charge in [0.1, 0.15) is 11.9 Å². The van der Waals surface area contributed by atoms with Crippen molar-refractivity contribution in [3.8, 4) is 5.75 Å². The van der Waals surface area contributed by atoms with Crippen molar-refractivity contribution < 1.29 is 9.53 Å². The quantitative estimate of drug-likeness (QED) is 0.815. The summed E-state index contributed by atoms with van der Waals surface area (Å²) in [5.74, 6) is 0.611. The van der Waals surface area contributed by atoms with Gasteiger partial charge in [-0.05, 0) is 44.0 Å². The first-order valence-corrected chi connectivity index (χ1v) is 9.39. The molecule has 1 aromatic heterocycles. The normalized spacial score (nSPS) is 16.8. The summed E-state index contributed by atoms with van der Waals surface area (Å²) in [6, 6.07) is 11.5. The lowest BCUT2D eigenvalue weighted by Gasteiger charge is -2.39. The zero-order chi connectivity index (χ0) is 19.1. The van der Waals surface area contributed by atoms with Gasteiger partial charge in [-0.1, -0.05) is 6.07 Å². The summed E-state index contributed by atoms with van der Waals surface area (Å²) < 4.78 is 7.78. The van der Waals surface area contributed by atoms with Crippen molar-refractivity contribution in [2.24, 2.45) is 0 Å². The summed E-state index contributed by atoms with van der Waals surface area (Å²) in [4.78, 5) is 28.7. The Morgan fingerprint density at radius 3 is 2.52 bits per heavy atom. The van der Waals surface area contributed by atoms with Crippen molar-refractivity contribution in [2.45, 2.75) is 31.9 Å². The molecule has 2 aliphatic rings.